The number of benzene rings is 5. The topological polar surface area (TPSA) is 172 Å². The van der Waals surface area contributed by atoms with E-state index >= 15 is 0 Å². The van der Waals surface area contributed by atoms with Crippen molar-refractivity contribution in [3.63, 3.8) is 0 Å². The number of ether oxygens (including phenoxy) is 2. The van der Waals surface area contributed by atoms with Gasteiger partial charge < -0.3 is 30.4 Å². The average molecular weight is 1120 g/mol. The van der Waals surface area contributed by atoms with E-state index in [4.69, 9.17) is 20.2 Å². The fourth-order valence-electron chi connectivity index (χ4n) is 9.74. The summed E-state index contributed by atoms with van der Waals surface area (Å²) in [4.78, 5) is 40.2. The number of nitrogens with zero attached hydrogens (tertiary/aromatic N) is 2. The Morgan fingerprint density at radius 1 is 0.613 bits per heavy atom. The smallest absolute Gasteiger partial charge is 0.410 e. The minimum absolute atomic E-state index is 0.0650. The predicted molar refractivity (Wildman–Crippen MR) is 318 cm³/mol. The molecule has 1 aromatic heterocycles. The number of carbonyl (C=O) groups excluding carboxylic acids is 3. The van der Waals surface area contributed by atoms with Crippen LogP contribution in [0.2, 0.25) is 0 Å². The van der Waals surface area contributed by atoms with Crippen LogP contribution < -0.4 is 25.8 Å². The number of hydrogen-bond acceptors (Lipinski definition) is 8. The van der Waals surface area contributed by atoms with E-state index in [2.05, 4.69) is 65.4 Å². The Morgan fingerprint density at radius 2 is 1.15 bits per heavy atom. The highest BCUT2D eigenvalue weighted by molar-refractivity contribution is 7.86. The van der Waals surface area contributed by atoms with Crippen LogP contribution in [0.1, 0.15) is 171 Å². The summed E-state index contributed by atoms with van der Waals surface area (Å²) in [5.41, 5.74) is 11.9. The Kier molecular flexibility index (Phi) is 29.1. The highest BCUT2D eigenvalue weighted by atomic mass is 32.3. The first kappa shape index (κ1) is 64.0. The molecule has 7 rings (SSSR count). The van der Waals surface area contributed by atoms with E-state index in [0.717, 1.165) is 117 Å². The van der Waals surface area contributed by atoms with Gasteiger partial charge >= 0.3 is 22.4 Å². The van der Waals surface area contributed by atoms with E-state index in [-0.39, 0.29) is 17.5 Å². The third kappa shape index (κ3) is 24.7. The van der Waals surface area contributed by atoms with Gasteiger partial charge in [0.2, 0.25) is 5.91 Å². The van der Waals surface area contributed by atoms with E-state index in [9.17, 15) is 31.1 Å². The third-order valence-corrected chi connectivity index (χ3v) is 14.8. The van der Waals surface area contributed by atoms with Gasteiger partial charge in [-0.05, 0) is 86.6 Å². The van der Waals surface area contributed by atoms with Crippen LogP contribution in [0.5, 0.6) is 11.5 Å². The van der Waals surface area contributed by atoms with Gasteiger partial charge in [-0.15, -0.1) is 3.89 Å². The van der Waals surface area contributed by atoms with Crippen molar-refractivity contribution in [2.45, 2.75) is 174 Å². The maximum atomic E-state index is 13.6. The van der Waals surface area contributed by atoms with Crippen molar-refractivity contribution in [1.29, 1.82) is 0 Å². The molecular weight excluding hydrogens is 1030 g/mol. The molecule has 80 heavy (non-hydrogen) atoms. The maximum absolute atomic E-state index is 13.6. The summed E-state index contributed by atoms with van der Waals surface area (Å²) in [6, 6.07) is 41.1. The molecule has 12 nitrogen and oxygen atoms in total. The number of carbonyl (C=O) groups is 3. The van der Waals surface area contributed by atoms with Crippen LogP contribution in [-0.4, -0.2) is 54.4 Å². The molecule has 15 heteroatoms. The van der Waals surface area contributed by atoms with Gasteiger partial charge in [0.05, 0.1) is 17.1 Å². The number of aryl methyl sites for hydroxylation is 1. The summed E-state index contributed by atoms with van der Waals surface area (Å²) in [7, 11) is -4.24. The number of hydrogen-bond donors (Lipinski definition) is 3. The Morgan fingerprint density at radius 3 is 1.76 bits per heavy atom. The molecule has 1 heterocycles. The average Bonchev–Trinajstić information content (AvgIpc) is 3.82. The second kappa shape index (κ2) is 36.4. The minimum Gasteiger partial charge on any atom is -0.410 e. The summed E-state index contributed by atoms with van der Waals surface area (Å²) in [6.07, 6.45) is 25.3. The standard InChI is InChI=1S/C29H30FN3O2.C20H22N2O3.C16H33FO2S/c1-22-32-27(23-14-6-4-7-15-23)28(24-16-8-5-9-17-24)33(22)21-13-3-2-12-20-31-29(34)35-26-19-11-10-18-25(26)30;21-19(23)16-8-4-6-14(12-16)15-7-5-11-18(13-15)25-20(24)22-17-9-2-1-3-10-17;1-2-3-4-5-6-7-8-9-10-11-12-13-14-15-16-20(17,18)19/h4-11,14-19H,2-3,12-13,20-21H2,1H3,(H,31,34);4-8,11-13,17H,1-3,9-10H2,(H2,21,23)(H,22,24);2-16H2,1H3. The Labute approximate surface area is 474 Å². The molecule has 0 unspecified atom stereocenters. The van der Waals surface area contributed by atoms with Crippen molar-refractivity contribution in [1.82, 2.24) is 20.2 Å². The van der Waals surface area contributed by atoms with Crippen molar-refractivity contribution in [2.24, 2.45) is 5.73 Å². The van der Waals surface area contributed by atoms with Gasteiger partial charge in [0.1, 0.15) is 11.6 Å². The molecule has 6 aromatic rings. The van der Waals surface area contributed by atoms with E-state index < -0.39 is 34.1 Å². The molecule has 0 bridgehead atoms. The number of primary amides is 1. The number of nitrogens with one attached hydrogen (secondary N) is 2. The SMILES string of the molecule is CCCCCCCCCCCCCCCCS(=O)(=O)F.Cc1nc(-c2ccccc2)c(-c2ccccc2)n1CCCCCCNC(=O)Oc1ccccc1F.NC(=O)c1cccc(-c2cccc(OC(=O)NC3CCCCC3)c2)c1. The molecule has 0 atom stereocenters. The number of rotatable bonds is 29. The van der Waals surface area contributed by atoms with Crippen LogP contribution in [0.4, 0.5) is 17.9 Å². The van der Waals surface area contributed by atoms with Gasteiger partial charge in [-0.25, -0.2) is 19.0 Å². The van der Waals surface area contributed by atoms with Crippen molar-refractivity contribution < 1.29 is 40.6 Å². The van der Waals surface area contributed by atoms with Gasteiger partial charge in [0.25, 0.3) is 0 Å². The first-order valence-electron chi connectivity index (χ1n) is 29.1. The third-order valence-electron chi connectivity index (χ3n) is 14.1. The lowest BCUT2D eigenvalue weighted by molar-refractivity contribution is 0.1000. The van der Waals surface area contributed by atoms with Crippen LogP contribution in [0.15, 0.2) is 133 Å². The molecule has 1 aliphatic rings. The first-order chi connectivity index (χ1) is 38.8. The maximum Gasteiger partial charge on any atom is 0.412 e. The molecule has 5 aromatic carbocycles. The highest BCUT2D eigenvalue weighted by Gasteiger charge is 2.19. The molecule has 0 spiro atoms. The lowest BCUT2D eigenvalue weighted by Crippen LogP contribution is -2.37. The quantitative estimate of drug-likeness (QED) is 0.0308. The first-order valence-corrected chi connectivity index (χ1v) is 30.7. The molecule has 1 aliphatic carbocycles. The van der Waals surface area contributed by atoms with Crippen LogP contribution in [0, 0.1) is 12.7 Å². The van der Waals surface area contributed by atoms with Crippen LogP contribution in [0.25, 0.3) is 33.6 Å². The summed E-state index contributed by atoms with van der Waals surface area (Å²) < 4.78 is 59.1. The zero-order valence-corrected chi connectivity index (χ0v) is 48.0. The van der Waals surface area contributed by atoms with Gasteiger partial charge in [-0.1, -0.05) is 220 Å². The highest BCUT2D eigenvalue weighted by Crippen LogP contribution is 2.33. The van der Waals surface area contributed by atoms with Crippen molar-refractivity contribution >= 4 is 28.3 Å². The van der Waals surface area contributed by atoms with Crippen LogP contribution in [-0.2, 0) is 16.8 Å². The molecule has 0 aliphatic heterocycles. The summed E-state index contributed by atoms with van der Waals surface area (Å²) in [6.45, 7) is 5.67. The number of unbranched alkanes of at least 4 members (excludes halogenated alkanes) is 16. The monoisotopic (exact) mass is 1120 g/mol. The fourth-order valence-corrected chi connectivity index (χ4v) is 10.3. The molecule has 1 fully saturated rings. The molecule has 3 amide bonds. The summed E-state index contributed by atoms with van der Waals surface area (Å²) in [5, 5.41) is 5.61. The van der Waals surface area contributed by atoms with Gasteiger partial charge in [-0.2, -0.15) is 8.42 Å². The number of nitrogens with two attached hydrogens (primary N) is 1. The molecule has 1 saturated carbocycles. The molecular formula is C65H85F2N5O7S. The number of imidazole rings is 1. The van der Waals surface area contributed by atoms with Gasteiger partial charge in [0, 0.05) is 35.8 Å². The number of para-hydroxylation sites is 1. The van der Waals surface area contributed by atoms with E-state index in [1.165, 1.54) is 82.8 Å². The molecule has 0 saturated heterocycles. The number of amides is 3. The van der Waals surface area contributed by atoms with E-state index in [1.54, 1.807) is 42.5 Å². The largest absolute Gasteiger partial charge is 0.412 e. The Bertz CT molecular complexity index is 2860. The second-order valence-electron chi connectivity index (χ2n) is 20.6. The molecule has 0 radical (unpaired) electrons. The van der Waals surface area contributed by atoms with Gasteiger partial charge in [-0.3, -0.25) is 4.79 Å². The van der Waals surface area contributed by atoms with Crippen LogP contribution >= 0.6 is 0 Å². The Hall–Kier alpha value is -6.87. The van der Waals surface area contributed by atoms with Gasteiger partial charge in [0.15, 0.2) is 11.6 Å². The van der Waals surface area contributed by atoms with E-state index in [1.807, 2.05) is 42.5 Å². The molecule has 432 valence electrons. The normalized spacial score (nSPS) is 12.3. The fraction of sp³-hybridized carbons (Fsp3) is 0.446. The van der Waals surface area contributed by atoms with Crippen molar-refractivity contribution in [3.8, 4) is 45.1 Å². The predicted octanol–water partition coefficient (Wildman–Crippen LogP) is 16.7. The lowest BCUT2D eigenvalue weighted by Gasteiger charge is -2.22. The number of aromatic nitrogens is 2. The van der Waals surface area contributed by atoms with Crippen LogP contribution in [0.3, 0.4) is 0 Å². The van der Waals surface area contributed by atoms with Crippen molar-refractivity contribution in [2.75, 3.05) is 12.3 Å². The zero-order chi connectivity index (χ0) is 57.2. The van der Waals surface area contributed by atoms with E-state index in [0.29, 0.717) is 24.3 Å². The minimum atomic E-state index is -4.24. The molecule has 4 N–H and O–H groups in total. The lowest BCUT2D eigenvalue weighted by atomic mass is 9.96. The Balaban J connectivity index is 0.000000231. The number of halogens is 2. The second-order valence-corrected chi connectivity index (χ2v) is 22.1. The zero-order valence-electron chi connectivity index (χ0n) is 47.2. The van der Waals surface area contributed by atoms with Crippen molar-refractivity contribution in [3.05, 3.63) is 151 Å². The summed E-state index contributed by atoms with van der Waals surface area (Å²) in [5.74, 6) is 0.0783. The summed E-state index contributed by atoms with van der Waals surface area (Å²) >= 11 is 0.